The Balaban J connectivity index is 1.75. The summed E-state index contributed by atoms with van der Waals surface area (Å²) in [5, 5.41) is 9.46. The zero-order valence-electron chi connectivity index (χ0n) is 14.1. The lowest BCUT2D eigenvalue weighted by molar-refractivity contribution is -0.274. The summed E-state index contributed by atoms with van der Waals surface area (Å²) in [5.74, 6) is -2.63. The maximum Gasteiger partial charge on any atom is 0.573 e. The van der Waals surface area contributed by atoms with Gasteiger partial charge in [0.05, 0.1) is 12.3 Å². The Labute approximate surface area is 153 Å². The van der Waals surface area contributed by atoms with Crippen LogP contribution in [0.3, 0.4) is 0 Å². The molecule has 0 bridgehead atoms. The number of rotatable bonds is 4. The highest BCUT2D eigenvalue weighted by molar-refractivity contribution is 5.82. The SMILES string of the molecule is O=C(O)C1CN(C(=O)Cc2cccc(OC(F)(F)F)c2)Cc2ccccc21. The van der Waals surface area contributed by atoms with Gasteiger partial charge >= 0.3 is 12.3 Å². The topological polar surface area (TPSA) is 66.8 Å². The van der Waals surface area contributed by atoms with Crippen molar-refractivity contribution in [3.63, 3.8) is 0 Å². The van der Waals surface area contributed by atoms with E-state index in [1.165, 1.54) is 17.0 Å². The van der Waals surface area contributed by atoms with Gasteiger partial charge in [-0.3, -0.25) is 9.59 Å². The second-order valence-corrected chi connectivity index (χ2v) is 6.24. The average Bonchev–Trinajstić information content (AvgIpc) is 2.59. The van der Waals surface area contributed by atoms with Crippen LogP contribution in [-0.4, -0.2) is 34.8 Å². The molecule has 1 atom stereocenters. The van der Waals surface area contributed by atoms with E-state index >= 15 is 0 Å². The summed E-state index contributed by atoms with van der Waals surface area (Å²) >= 11 is 0. The van der Waals surface area contributed by atoms with Crippen LogP contribution in [0.2, 0.25) is 0 Å². The molecule has 8 heteroatoms. The Hall–Kier alpha value is -3.03. The van der Waals surface area contributed by atoms with Crippen molar-refractivity contribution in [2.45, 2.75) is 25.2 Å². The first kappa shape index (κ1) is 18.8. The monoisotopic (exact) mass is 379 g/mol. The Morgan fingerprint density at radius 2 is 1.89 bits per heavy atom. The zero-order chi connectivity index (χ0) is 19.6. The summed E-state index contributed by atoms with van der Waals surface area (Å²) < 4.78 is 40.9. The van der Waals surface area contributed by atoms with E-state index < -0.39 is 24.0 Å². The van der Waals surface area contributed by atoms with E-state index in [1.54, 1.807) is 24.3 Å². The van der Waals surface area contributed by atoms with Crippen LogP contribution < -0.4 is 4.74 Å². The van der Waals surface area contributed by atoms with Crippen molar-refractivity contribution < 1.29 is 32.6 Å². The number of halogens is 3. The molecule has 0 saturated heterocycles. The number of aliphatic carboxylic acids is 1. The van der Waals surface area contributed by atoms with E-state index in [9.17, 15) is 27.9 Å². The van der Waals surface area contributed by atoms with E-state index in [2.05, 4.69) is 4.74 Å². The number of hydrogen-bond donors (Lipinski definition) is 1. The molecule has 0 fully saturated rings. The molecule has 142 valence electrons. The van der Waals surface area contributed by atoms with Crippen molar-refractivity contribution in [2.75, 3.05) is 6.54 Å². The van der Waals surface area contributed by atoms with Crippen molar-refractivity contribution >= 4 is 11.9 Å². The second-order valence-electron chi connectivity index (χ2n) is 6.24. The summed E-state index contributed by atoms with van der Waals surface area (Å²) in [6.45, 7) is 0.279. The molecule has 0 radical (unpaired) electrons. The predicted octanol–water partition coefficient (Wildman–Crippen LogP) is 3.34. The van der Waals surface area contributed by atoms with Crippen molar-refractivity contribution in [1.29, 1.82) is 0 Å². The molecule has 1 N–H and O–H groups in total. The highest BCUT2D eigenvalue weighted by Gasteiger charge is 2.33. The van der Waals surface area contributed by atoms with E-state index in [1.807, 2.05) is 0 Å². The first-order valence-corrected chi connectivity index (χ1v) is 8.16. The summed E-state index contributed by atoms with van der Waals surface area (Å²) in [5.41, 5.74) is 1.78. The fourth-order valence-corrected chi connectivity index (χ4v) is 3.15. The van der Waals surface area contributed by atoms with Crippen LogP contribution in [0.5, 0.6) is 5.75 Å². The normalized spacial score (nSPS) is 16.6. The number of fused-ring (bicyclic) bond motifs is 1. The maximum atomic E-state index is 12.6. The van der Waals surface area contributed by atoms with Crippen LogP contribution in [0.15, 0.2) is 48.5 Å². The summed E-state index contributed by atoms with van der Waals surface area (Å²) in [6.07, 6.45) is -4.96. The number of benzene rings is 2. The number of amides is 1. The fraction of sp³-hybridized carbons (Fsp3) is 0.263. The van der Waals surface area contributed by atoms with Crippen LogP contribution in [-0.2, 0) is 22.6 Å². The summed E-state index contributed by atoms with van der Waals surface area (Å²) in [6, 6.07) is 12.2. The standard InChI is InChI=1S/C19H16F3NO4/c20-19(21,22)27-14-6-3-4-12(8-14)9-17(24)23-10-13-5-1-2-7-15(13)16(11-23)18(25)26/h1-8,16H,9-11H2,(H,25,26). The number of hydrogen-bond acceptors (Lipinski definition) is 3. The van der Waals surface area contributed by atoms with Gasteiger partial charge in [-0.05, 0) is 28.8 Å². The minimum atomic E-state index is -4.81. The van der Waals surface area contributed by atoms with Gasteiger partial charge in [0.1, 0.15) is 5.75 Å². The highest BCUT2D eigenvalue weighted by atomic mass is 19.4. The summed E-state index contributed by atoms with van der Waals surface area (Å²) in [7, 11) is 0. The third kappa shape index (κ3) is 4.58. The van der Waals surface area contributed by atoms with Crippen LogP contribution in [0.1, 0.15) is 22.6 Å². The molecule has 0 spiro atoms. The van der Waals surface area contributed by atoms with Crippen molar-refractivity contribution in [2.24, 2.45) is 0 Å². The number of carboxylic acids is 1. The van der Waals surface area contributed by atoms with E-state index in [4.69, 9.17) is 0 Å². The van der Waals surface area contributed by atoms with Gasteiger partial charge in [-0.15, -0.1) is 13.2 Å². The molecule has 1 unspecified atom stereocenters. The van der Waals surface area contributed by atoms with E-state index in [0.717, 1.165) is 17.7 Å². The molecule has 2 aromatic carbocycles. The molecule has 0 aliphatic carbocycles. The first-order valence-electron chi connectivity index (χ1n) is 8.16. The van der Waals surface area contributed by atoms with Crippen molar-refractivity contribution in [3.8, 4) is 5.75 Å². The average molecular weight is 379 g/mol. The Kier molecular flexibility index (Phi) is 5.07. The quantitative estimate of drug-likeness (QED) is 0.885. The minimum Gasteiger partial charge on any atom is -0.481 e. The smallest absolute Gasteiger partial charge is 0.481 e. The van der Waals surface area contributed by atoms with Gasteiger partial charge < -0.3 is 14.7 Å². The fourth-order valence-electron chi connectivity index (χ4n) is 3.15. The third-order valence-corrected chi connectivity index (χ3v) is 4.33. The molecule has 5 nitrogen and oxygen atoms in total. The van der Waals surface area contributed by atoms with Crippen LogP contribution in [0.25, 0.3) is 0 Å². The molecular formula is C19H16F3NO4. The number of carbonyl (C=O) groups excluding carboxylic acids is 1. The highest BCUT2D eigenvalue weighted by Crippen LogP contribution is 2.29. The number of nitrogens with zero attached hydrogens (tertiary/aromatic N) is 1. The lowest BCUT2D eigenvalue weighted by atomic mass is 9.89. The van der Waals surface area contributed by atoms with Crippen LogP contribution in [0.4, 0.5) is 13.2 Å². The molecule has 1 aliphatic rings. The van der Waals surface area contributed by atoms with Crippen LogP contribution in [0, 0.1) is 0 Å². The van der Waals surface area contributed by atoms with Gasteiger partial charge in [0.25, 0.3) is 0 Å². The Bertz CT molecular complexity index is 866. The van der Waals surface area contributed by atoms with Crippen LogP contribution >= 0.6 is 0 Å². The molecule has 2 aromatic rings. The van der Waals surface area contributed by atoms with Gasteiger partial charge in [-0.2, -0.15) is 0 Å². The maximum absolute atomic E-state index is 12.6. The predicted molar refractivity (Wildman–Crippen MR) is 89.1 cm³/mol. The Morgan fingerprint density at radius 1 is 1.15 bits per heavy atom. The largest absolute Gasteiger partial charge is 0.573 e. The van der Waals surface area contributed by atoms with Crippen molar-refractivity contribution in [3.05, 3.63) is 65.2 Å². The zero-order valence-corrected chi connectivity index (χ0v) is 14.1. The first-order chi connectivity index (χ1) is 12.7. The second kappa shape index (κ2) is 7.30. The van der Waals surface area contributed by atoms with Gasteiger partial charge in [-0.25, -0.2) is 0 Å². The molecule has 1 amide bonds. The van der Waals surface area contributed by atoms with Gasteiger partial charge in [-0.1, -0.05) is 36.4 Å². The number of ether oxygens (including phenoxy) is 1. The molecule has 1 aliphatic heterocycles. The molecule has 3 rings (SSSR count). The number of alkyl halides is 3. The Morgan fingerprint density at radius 3 is 2.59 bits per heavy atom. The molecule has 27 heavy (non-hydrogen) atoms. The molecular weight excluding hydrogens is 363 g/mol. The van der Waals surface area contributed by atoms with E-state index in [0.29, 0.717) is 11.1 Å². The van der Waals surface area contributed by atoms with E-state index in [-0.39, 0.29) is 25.4 Å². The minimum absolute atomic E-state index is 0.0178. The lowest BCUT2D eigenvalue weighted by Crippen LogP contribution is -2.41. The number of carbonyl (C=O) groups is 2. The summed E-state index contributed by atoms with van der Waals surface area (Å²) in [4.78, 5) is 25.6. The van der Waals surface area contributed by atoms with Gasteiger partial charge in [0.15, 0.2) is 0 Å². The third-order valence-electron chi connectivity index (χ3n) is 4.33. The molecule has 1 heterocycles. The van der Waals surface area contributed by atoms with Crippen molar-refractivity contribution in [1.82, 2.24) is 4.90 Å². The lowest BCUT2D eigenvalue weighted by Gasteiger charge is -2.33. The van der Waals surface area contributed by atoms with Gasteiger partial charge in [0.2, 0.25) is 5.91 Å². The van der Waals surface area contributed by atoms with Gasteiger partial charge in [0, 0.05) is 13.1 Å². The molecule has 0 aromatic heterocycles. The number of carboxylic acid groups (broad SMARTS) is 1. The molecule has 0 saturated carbocycles.